The van der Waals surface area contributed by atoms with Gasteiger partial charge >= 0.3 is 0 Å². The van der Waals surface area contributed by atoms with E-state index in [4.69, 9.17) is 21.6 Å². The maximum absolute atomic E-state index is 6.07. The van der Waals surface area contributed by atoms with Crippen LogP contribution in [0, 0.1) is 0 Å². The molecular weight excluding hydrogens is 358 g/mol. The zero-order valence-corrected chi connectivity index (χ0v) is 15.9. The van der Waals surface area contributed by atoms with E-state index in [1.165, 1.54) is 19.3 Å². The second kappa shape index (κ2) is 6.97. The zero-order chi connectivity index (χ0) is 18.2. The van der Waals surface area contributed by atoms with Crippen molar-refractivity contribution in [1.82, 2.24) is 15.0 Å². The molecule has 2 aliphatic heterocycles. The van der Waals surface area contributed by atoms with E-state index in [1.54, 1.807) is 0 Å². The highest BCUT2D eigenvalue weighted by Crippen LogP contribution is 2.35. The molecule has 1 aromatic carbocycles. The second-order valence-corrected chi connectivity index (χ2v) is 7.86. The summed E-state index contributed by atoms with van der Waals surface area (Å²) < 4.78 is 0. The summed E-state index contributed by atoms with van der Waals surface area (Å²) in [5.41, 5.74) is 2.12. The minimum Gasteiger partial charge on any atom is -0.355 e. The fourth-order valence-corrected chi connectivity index (χ4v) is 4.26. The van der Waals surface area contributed by atoms with Crippen LogP contribution in [-0.4, -0.2) is 41.1 Å². The first-order valence-electron chi connectivity index (χ1n) is 9.65. The number of aromatic nitrogens is 3. The molecule has 27 heavy (non-hydrogen) atoms. The highest BCUT2D eigenvalue weighted by atomic mass is 35.5. The molecule has 0 aliphatic carbocycles. The lowest BCUT2D eigenvalue weighted by Gasteiger charge is -2.41. The summed E-state index contributed by atoms with van der Waals surface area (Å²) in [5.74, 6) is 2.52. The van der Waals surface area contributed by atoms with E-state index in [2.05, 4.69) is 26.9 Å². The van der Waals surface area contributed by atoms with Crippen LogP contribution in [0.25, 0.3) is 10.9 Å². The Morgan fingerprint density at radius 3 is 2.56 bits per heavy atom. The van der Waals surface area contributed by atoms with Crippen molar-refractivity contribution >= 4 is 34.1 Å². The summed E-state index contributed by atoms with van der Waals surface area (Å²) >= 11 is 6.07. The van der Waals surface area contributed by atoms with Crippen LogP contribution in [0.1, 0.15) is 30.9 Å². The van der Waals surface area contributed by atoms with Crippen LogP contribution < -0.4 is 9.80 Å². The number of fused-ring (bicyclic) bond motifs is 1. The average molecular weight is 380 g/mol. The van der Waals surface area contributed by atoms with Gasteiger partial charge in [0.25, 0.3) is 0 Å². The van der Waals surface area contributed by atoms with Crippen molar-refractivity contribution in [1.29, 1.82) is 0 Å². The normalized spacial score (nSPS) is 18.0. The van der Waals surface area contributed by atoms with E-state index in [0.29, 0.717) is 5.92 Å². The summed E-state index contributed by atoms with van der Waals surface area (Å²) in [6, 6.07) is 10.0. The van der Waals surface area contributed by atoms with Gasteiger partial charge in [0, 0.05) is 54.9 Å². The van der Waals surface area contributed by atoms with E-state index in [9.17, 15) is 0 Å². The van der Waals surface area contributed by atoms with Gasteiger partial charge in [0.2, 0.25) is 0 Å². The minimum absolute atomic E-state index is 0.415. The predicted octanol–water partition coefficient (Wildman–Crippen LogP) is 4.27. The van der Waals surface area contributed by atoms with Gasteiger partial charge in [-0.05, 0) is 49.6 Å². The molecular formula is C21H22ClN5. The lowest BCUT2D eigenvalue weighted by molar-refractivity contribution is 0.501. The maximum Gasteiger partial charge on any atom is 0.150 e. The molecule has 2 fully saturated rings. The number of rotatable bonds is 3. The van der Waals surface area contributed by atoms with Crippen molar-refractivity contribution in [2.75, 3.05) is 36.0 Å². The molecule has 0 saturated carbocycles. The van der Waals surface area contributed by atoms with E-state index in [-0.39, 0.29) is 0 Å². The lowest BCUT2D eigenvalue weighted by Crippen LogP contribution is -2.46. The molecule has 0 amide bonds. The summed E-state index contributed by atoms with van der Waals surface area (Å²) in [5, 5.41) is 1.82. The van der Waals surface area contributed by atoms with Gasteiger partial charge in [0.1, 0.15) is 5.82 Å². The van der Waals surface area contributed by atoms with Crippen molar-refractivity contribution in [3.63, 3.8) is 0 Å². The van der Waals surface area contributed by atoms with Crippen LogP contribution in [-0.2, 0) is 0 Å². The zero-order valence-electron chi connectivity index (χ0n) is 15.2. The first-order valence-corrected chi connectivity index (χ1v) is 10.0. The third kappa shape index (κ3) is 3.21. The predicted molar refractivity (Wildman–Crippen MR) is 110 cm³/mol. The number of hydrogen-bond acceptors (Lipinski definition) is 5. The van der Waals surface area contributed by atoms with E-state index in [1.807, 2.05) is 30.6 Å². The van der Waals surface area contributed by atoms with Crippen LogP contribution in [0.15, 0.2) is 42.7 Å². The Hall–Kier alpha value is -2.40. The van der Waals surface area contributed by atoms with Gasteiger partial charge in [0.15, 0.2) is 5.82 Å². The van der Waals surface area contributed by atoms with Crippen LogP contribution in [0.5, 0.6) is 0 Å². The van der Waals surface area contributed by atoms with Crippen LogP contribution in [0.3, 0.4) is 0 Å². The Morgan fingerprint density at radius 1 is 0.889 bits per heavy atom. The molecule has 0 atom stereocenters. The molecule has 2 aliphatic rings. The number of hydrogen-bond donors (Lipinski definition) is 0. The molecule has 5 nitrogen and oxygen atoms in total. The molecule has 0 N–H and O–H groups in total. The molecule has 0 radical (unpaired) electrons. The van der Waals surface area contributed by atoms with Gasteiger partial charge in [-0.15, -0.1) is 0 Å². The maximum atomic E-state index is 6.07. The van der Waals surface area contributed by atoms with Crippen molar-refractivity contribution in [2.24, 2.45) is 0 Å². The molecule has 0 spiro atoms. The molecule has 2 aromatic heterocycles. The van der Waals surface area contributed by atoms with Crippen molar-refractivity contribution in [2.45, 2.75) is 25.2 Å². The molecule has 3 aromatic rings. The molecule has 0 bridgehead atoms. The smallest absolute Gasteiger partial charge is 0.150 e. The monoisotopic (exact) mass is 379 g/mol. The van der Waals surface area contributed by atoms with Crippen molar-refractivity contribution in [3.05, 3.63) is 53.4 Å². The second-order valence-electron chi connectivity index (χ2n) is 7.42. The lowest BCUT2D eigenvalue weighted by atomic mass is 9.95. The van der Waals surface area contributed by atoms with Gasteiger partial charge in [-0.1, -0.05) is 11.6 Å². The Bertz CT molecular complexity index is 964. The minimum atomic E-state index is 0.415. The number of piperidine rings is 1. The van der Waals surface area contributed by atoms with Crippen molar-refractivity contribution in [3.8, 4) is 0 Å². The molecule has 138 valence electrons. The van der Waals surface area contributed by atoms with E-state index >= 15 is 0 Å². The summed E-state index contributed by atoms with van der Waals surface area (Å²) in [6.07, 6.45) is 7.46. The van der Waals surface area contributed by atoms with Gasteiger partial charge in [-0.2, -0.15) is 0 Å². The van der Waals surface area contributed by atoms with Crippen LogP contribution in [0.4, 0.5) is 11.6 Å². The van der Waals surface area contributed by atoms with Crippen molar-refractivity contribution < 1.29 is 0 Å². The topological polar surface area (TPSA) is 45.2 Å². The van der Waals surface area contributed by atoms with Gasteiger partial charge < -0.3 is 9.80 Å². The molecule has 6 heteroatoms. The largest absolute Gasteiger partial charge is 0.355 e. The standard InChI is InChI=1S/C21H22ClN5/c22-17-5-6-18-15(12-17)4-7-19(25-18)27-13-16(14-27)20-21(24-9-8-23-20)26-10-2-1-3-11-26/h4-9,12,16H,1-3,10-11,13-14H2. The van der Waals surface area contributed by atoms with Gasteiger partial charge in [-0.3, -0.25) is 4.98 Å². The SMILES string of the molecule is Clc1ccc2nc(N3CC(c4nccnc4N4CCCCC4)C3)ccc2c1. The van der Waals surface area contributed by atoms with E-state index < -0.39 is 0 Å². The molecule has 5 rings (SSSR count). The summed E-state index contributed by atoms with van der Waals surface area (Å²) in [6.45, 7) is 4.06. The Kier molecular flexibility index (Phi) is 4.32. The number of benzene rings is 1. The number of pyridine rings is 1. The molecule has 4 heterocycles. The van der Waals surface area contributed by atoms with Gasteiger partial charge in [0.05, 0.1) is 11.2 Å². The number of nitrogens with zero attached hydrogens (tertiary/aromatic N) is 5. The molecule has 2 saturated heterocycles. The third-order valence-corrected chi connectivity index (χ3v) is 5.83. The fourth-order valence-electron chi connectivity index (χ4n) is 4.08. The van der Waals surface area contributed by atoms with Gasteiger partial charge in [-0.25, -0.2) is 9.97 Å². The Balaban J connectivity index is 1.34. The highest BCUT2D eigenvalue weighted by Gasteiger charge is 2.33. The number of halogens is 1. The van der Waals surface area contributed by atoms with E-state index in [0.717, 1.165) is 59.4 Å². The quantitative estimate of drug-likeness (QED) is 0.679. The number of anilines is 2. The Morgan fingerprint density at radius 2 is 1.70 bits per heavy atom. The highest BCUT2D eigenvalue weighted by molar-refractivity contribution is 6.31. The van der Waals surface area contributed by atoms with Crippen LogP contribution >= 0.6 is 11.6 Å². The summed E-state index contributed by atoms with van der Waals surface area (Å²) in [4.78, 5) is 18.9. The third-order valence-electron chi connectivity index (χ3n) is 5.59. The Labute approximate surface area is 164 Å². The van der Waals surface area contributed by atoms with Crippen LogP contribution in [0.2, 0.25) is 5.02 Å². The first-order chi connectivity index (χ1) is 13.3. The summed E-state index contributed by atoms with van der Waals surface area (Å²) in [7, 11) is 0. The average Bonchev–Trinajstić information content (AvgIpc) is 2.68. The first kappa shape index (κ1) is 16.8. The molecule has 0 unspecified atom stereocenters. The fraction of sp³-hybridized carbons (Fsp3) is 0.381.